The molecule has 0 unspecified atom stereocenters. The molecule has 0 amide bonds. The van der Waals surface area contributed by atoms with Crippen LogP contribution >= 0.6 is 11.6 Å². The van der Waals surface area contributed by atoms with Crippen molar-refractivity contribution >= 4 is 28.3 Å². The first-order chi connectivity index (χ1) is 17.3. The fourth-order valence-corrected chi connectivity index (χ4v) is 4.48. The Kier molecular flexibility index (Phi) is 4.97. The van der Waals surface area contributed by atoms with Gasteiger partial charge in [0.2, 0.25) is 12.2 Å². The molecule has 2 aromatic carbocycles. The van der Waals surface area contributed by atoms with Crippen LogP contribution in [0.3, 0.4) is 0 Å². The molecule has 36 heavy (non-hydrogen) atoms. The van der Waals surface area contributed by atoms with Gasteiger partial charge in [0.25, 0.3) is 0 Å². The minimum absolute atomic E-state index is 0.342. The maximum absolute atomic E-state index is 12.7. The van der Waals surface area contributed by atoms with Gasteiger partial charge >= 0.3 is 5.69 Å². The van der Waals surface area contributed by atoms with E-state index >= 15 is 0 Å². The molecule has 0 fully saturated rings. The van der Waals surface area contributed by atoms with Crippen LogP contribution in [0.2, 0.25) is 5.02 Å². The summed E-state index contributed by atoms with van der Waals surface area (Å²) in [4.78, 5) is 26.6. The van der Waals surface area contributed by atoms with Crippen LogP contribution in [0.5, 0.6) is 0 Å². The predicted octanol–water partition coefficient (Wildman–Crippen LogP) is 5.30. The van der Waals surface area contributed by atoms with Gasteiger partial charge in [0.15, 0.2) is 11.3 Å². The van der Waals surface area contributed by atoms with Gasteiger partial charge in [-0.25, -0.2) is 24.3 Å². The van der Waals surface area contributed by atoms with E-state index in [0.29, 0.717) is 39.0 Å². The molecule has 0 radical (unpaired) electrons. The Balaban J connectivity index is 1.67. The van der Waals surface area contributed by atoms with Crippen molar-refractivity contribution in [3.8, 4) is 33.8 Å². The smallest absolute Gasteiger partial charge is 0.342 e. The van der Waals surface area contributed by atoms with Gasteiger partial charge in [-0.3, -0.25) is 0 Å². The molecule has 10 heteroatoms. The van der Waals surface area contributed by atoms with Gasteiger partial charge in [-0.2, -0.15) is 10.1 Å². The van der Waals surface area contributed by atoms with Crippen LogP contribution in [-0.4, -0.2) is 34.7 Å². The fourth-order valence-electron chi connectivity index (χ4n) is 4.26. The highest BCUT2D eigenvalue weighted by Crippen LogP contribution is 2.38. The van der Waals surface area contributed by atoms with Crippen LogP contribution in [0.15, 0.2) is 70.3 Å². The van der Waals surface area contributed by atoms with E-state index in [4.69, 9.17) is 26.1 Å². The molecule has 0 spiro atoms. The second-order valence-corrected chi connectivity index (χ2v) is 9.85. The lowest BCUT2D eigenvalue weighted by molar-refractivity contribution is 0.419. The molecule has 0 aliphatic rings. The minimum Gasteiger partial charge on any atom is -0.342 e. The fraction of sp³-hybridized carbons (Fsp3) is 0.154. The summed E-state index contributed by atoms with van der Waals surface area (Å²) in [6, 6.07) is 17.3. The number of pyridine rings is 1. The first-order valence-electron chi connectivity index (χ1n) is 11.3. The van der Waals surface area contributed by atoms with Crippen molar-refractivity contribution in [3.05, 3.63) is 82.3 Å². The topological polar surface area (TPSA) is 115 Å². The van der Waals surface area contributed by atoms with Gasteiger partial charge in [0.1, 0.15) is 5.82 Å². The number of aromatic amines is 1. The number of benzene rings is 2. The molecule has 6 rings (SSSR count). The molecule has 4 heterocycles. The molecule has 9 nitrogen and oxygen atoms in total. The molecule has 0 saturated carbocycles. The van der Waals surface area contributed by atoms with Crippen LogP contribution in [0.25, 0.3) is 50.5 Å². The lowest BCUT2D eigenvalue weighted by Crippen LogP contribution is -2.25. The average molecular weight is 498 g/mol. The van der Waals surface area contributed by atoms with E-state index in [-0.39, 0.29) is 5.69 Å². The normalized spacial score (nSPS) is 12.0. The van der Waals surface area contributed by atoms with Gasteiger partial charge in [-0.15, -0.1) is 0 Å². The predicted molar refractivity (Wildman–Crippen MR) is 137 cm³/mol. The van der Waals surface area contributed by atoms with E-state index in [1.54, 1.807) is 0 Å². The van der Waals surface area contributed by atoms with Crippen molar-refractivity contribution in [1.29, 1.82) is 0 Å². The third-order valence-corrected chi connectivity index (χ3v) is 6.28. The third kappa shape index (κ3) is 3.56. The van der Waals surface area contributed by atoms with Crippen LogP contribution in [0, 0.1) is 0 Å². The molecular weight excluding hydrogens is 478 g/mol. The standard InChI is InChI=1S/C26H20ClN7O2/c1-26(2,3)24-30-22-18(23-31-32-25(35)34(23)24)12-17(20(29-22)16-6-4-5-7-19(16)27)14-8-10-15(11-9-14)21-28-13-36-33-21/h4-13H,1-3H3,(H,32,35). The molecule has 0 aliphatic heterocycles. The van der Waals surface area contributed by atoms with Crippen molar-refractivity contribution in [3.63, 3.8) is 0 Å². The Labute approximate surface area is 209 Å². The highest BCUT2D eigenvalue weighted by atomic mass is 35.5. The molecule has 4 aromatic heterocycles. The van der Waals surface area contributed by atoms with Crippen molar-refractivity contribution < 1.29 is 4.52 Å². The average Bonchev–Trinajstić information content (AvgIpc) is 3.53. The third-order valence-electron chi connectivity index (χ3n) is 5.95. The molecule has 178 valence electrons. The molecule has 1 N–H and O–H groups in total. The van der Waals surface area contributed by atoms with Crippen LogP contribution in [-0.2, 0) is 5.41 Å². The number of H-pyrrole nitrogens is 1. The Morgan fingerprint density at radius 2 is 1.72 bits per heavy atom. The number of halogens is 1. The number of hydrogen-bond donors (Lipinski definition) is 1. The SMILES string of the molecule is CC(C)(C)c1nc2nc(-c3ccccc3Cl)c(-c3ccc(-c4ncon4)cc3)cc2c2n[nH]c(=O)n12. The monoisotopic (exact) mass is 497 g/mol. The van der Waals surface area contributed by atoms with E-state index in [0.717, 1.165) is 22.3 Å². The van der Waals surface area contributed by atoms with Crippen molar-refractivity contribution in [1.82, 2.24) is 34.7 Å². The maximum Gasteiger partial charge on any atom is 0.349 e. The summed E-state index contributed by atoms with van der Waals surface area (Å²) in [6.07, 6.45) is 1.29. The number of aromatic nitrogens is 7. The molecule has 6 aromatic rings. The van der Waals surface area contributed by atoms with Crippen molar-refractivity contribution in [2.24, 2.45) is 0 Å². The molecule has 0 aliphatic carbocycles. The highest BCUT2D eigenvalue weighted by Gasteiger charge is 2.25. The summed E-state index contributed by atoms with van der Waals surface area (Å²) < 4.78 is 6.38. The summed E-state index contributed by atoms with van der Waals surface area (Å²) in [6.45, 7) is 5.98. The van der Waals surface area contributed by atoms with Crippen LogP contribution in [0.4, 0.5) is 0 Å². The summed E-state index contributed by atoms with van der Waals surface area (Å²) in [5.41, 5.74) is 4.16. The van der Waals surface area contributed by atoms with E-state index < -0.39 is 5.41 Å². The van der Waals surface area contributed by atoms with E-state index in [9.17, 15) is 4.79 Å². The summed E-state index contributed by atoms with van der Waals surface area (Å²) in [5.74, 6) is 1.07. The van der Waals surface area contributed by atoms with Crippen LogP contribution in [0.1, 0.15) is 26.6 Å². The van der Waals surface area contributed by atoms with Gasteiger partial charge in [0, 0.05) is 27.1 Å². The maximum atomic E-state index is 12.7. The number of nitrogens with zero attached hydrogens (tertiary/aromatic N) is 6. The quantitative estimate of drug-likeness (QED) is 0.352. The first-order valence-corrected chi connectivity index (χ1v) is 11.6. The second-order valence-electron chi connectivity index (χ2n) is 9.44. The lowest BCUT2D eigenvalue weighted by Gasteiger charge is -2.20. The van der Waals surface area contributed by atoms with E-state index in [1.165, 1.54) is 10.8 Å². The molecule has 0 atom stereocenters. The number of hydrogen-bond acceptors (Lipinski definition) is 7. The Morgan fingerprint density at radius 1 is 0.972 bits per heavy atom. The zero-order valence-electron chi connectivity index (χ0n) is 19.7. The summed E-state index contributed by atoms with van der Waals surface area (Å²) in [7, 11) is 0. The Bertz CT molecular complexity index is 1800. The number of rotatable bonds is 3. The zero-order valence-corrected chi connectivity index (χ0v) is 20.4. The van der Waals surface area contributed by atoms with Crippen molar-refractivity contribution in [2.75, 3.05) is 0 Å². The zero-order chi connectivity index (χ0) is 25.0. The highest BCUT2D eigenvalue weighted by molar-refractivity contribution is 6.33. The van der Waals surface area contributed by atoms with E-state index in [1.807, 2.05) is 75.4 Å². The van der Waals surface area contributed by atoms with Gasteiger partial charge in [-0.1, -0.05) is 80.0 Å². The van der Waals surface area contributed by atoms with Crippen LogP contribution < -0.4 is 5.69 Å². The largest absolute Gasteiger partial charge is 0.349 e. The Morgan fingerprint density at radius 3 is 2.42 bits per heavy atom. The van der Waals surface area contributed by atoms with E-state index in [2.05, 4.69) is 20.3 Å². The first kappa shape index (κ1) is 22.1. The van der Waals surface area contributed by atoms with Gasteiger partial charge in [0.05, 0.1) is 11.1 Å². The van der Waals surface area contributed by atoms with Crippen molar-refractivity contribution in [2.45, 2.75) is 26.2 Å². The van der Waals surface area contributed by atoms with Gasteiger partial charge < -0.3 is 4.52 Å². The number of nitrogens with one attached hydrogen (secondary N) is 1. The lowest BCUT2D eigenvalue weighted by atomic mass is 9.94. The Hall–Kier alpha value is -4.37. The molecular formula is C26H20ClN7O2. The second kappa shape index (κ2) is 8.10. The minimum atomic E-state index is -0.421. The van der Waals surface area contributed by atoms with Gasteiger partial charge in [-0.05, 0) is 17.7 Å². The molecule has 0 saturated heterocycles. The summed E-state index contributed by atoms with van der Waals surface area (Å²) >= 11 is 6.61. The summed E-state index contributed by atoms with van der Waals surface area (Å²) in [5, 5.41) is 12.0. The number of fused-ring (bicyclic) bond motifs is 3. The molecule has 0 bridgehead atoms.